The van der Waals surface area contributed by atoms with Crippen molar-refractivity contribution in [1.29, 1.82) is 0 Å². The smallest absolute Gasteiger partial charge is 0.424 e. The maximum Gasteiger partial charge on any atom is 0.424 e. The van der Waals surface area contributed by atoms with Gasteiger partial charge >= 0.3 is 18.2 Å². The van der Waals surface area contributed by atoms with Gasteiger partial charge in [-0.2, -0.15) is 4.90 Å². The molecule has 1 aliphatic carbocycles. The van der Waals surface area contributed by atoms with Crippen molar-refractivity contribution in [2.45, 2.75) is 72.1 Å². The fourth-order valence-electron chi connectivity index (χ4n) is 4.63. The molecule has 0 unspecified atom stereocenters. The third-order valence-corrected chi connectivity index (χ3v) is 6.58. The number of nitrogens with zero attached hydrogens (tertiary/aromatic N) is 2. The lowest BCUT2D eigenvalue weighted by Gasteiger charge is -2.28. The lowest BCUT2D eigenvalue weighted by atomic mass is 10.1. The number of aromatic nitrogens is 1. The van der Waals surface area contributed by atoms with Crippen molar-refractivity contribution in [2.75, 3.05) is 12.0 Å². The van der Waals surface area contributed by atoms with Crippen molar-refractivity contribution in [3.63, 3.8) is 0 Å². The zero-order chi connectivity index (χ0) is 29.6. The third-order valence-electron chi connectivity index (χ3n) is 6.23. The molecule has 2 aromatic carbocycles. The molecule has 4 rings (SSSR count). The molecule has 0 bridgehead atoms. The molecule has 10 heteroatoms. The maximum atomic E-state index is 13.0. The summed E-state index contributed by atoms with van der Waals surface area (Å²) in [5.41, 5.74) is 1.70. The van der Waals surface area contributed by atoms with Gasteiger partial charge in [0, 0.05) is 23.4 Å². The van der Waals surface area contributed by atoms with Crippen LogP contribution in [0.5, 0.6) is 0 Å². The van der Waals surface area contributed by atoms with Gasteiger partial charge in [0.05, 0.1) is 29.6 Å². The number of carbonyl (C=O) groups excluding carboxylic acids is 4. The van der Waals surface area contributed by atoms with E-state index in [-0.39, 0.29) is 23.0 Å². The molecule has 0 fully saturated rings. The Morgan fingerprint density at radius 1 is 0.925 bits per heavy atom. The molecule has 0 aliphatic heterocycles. The molecule has 1 heterocycles. The number of fused-ring (bicyclic) bond motifs is 3. The average molecular weight is 569 g/mol. The van der Waals surface area contributed by atoms with Gasteiger partial charge in [0.1, 0.15) is 11.2 Å². The fraction of sp³-hybridized carbons (Fsp3) is 0.400. The predicted octanol–water partition coefficient (Wildman–Crippen LogP) is 6.94. The van der Waals surface area contributed by atoms with E-state index in [0.29, 0.717) is 35.2 Å². The Kier molecular flexibility index (Phi) is 7.73. The standard InChI is InChI=1S/C30H33ClN2O7/c1-29(2,3)39-27(36)33(28(37)40-30(4,5)6)19-10-8-18(22(31)15-19)16-32-23-14-17(26(35)38-7)9-11-20(23)21-12-13-24(34)25(21)32/h8-11,14-15H,12-13,16H2,1-7H3. The Labute approximate surface area is 237 Å². The lowest BCUT2D eigenvalue weighted by Crippen LogP contribution is -2.43. The molecule has 9 nitrogen and oxygen atoms in total. The minimum absolute atomic E-state index is 0.0135. The monoisotopic (exact) mass is 568 g/mol. The summed E-state index contributed by atoms with van der Waals surface area (Å²) in [6.07, 6.45) is -0.781. The molecule has 1 aromatic heterocycles. The number of methoxy groups -OCH3 is 1. The predicted molar refractivity (Wildman–Crippen MR) is 151 cm³/mol. The van der Waals surface area contributed by atoms with E-state index >= 15 is 0 Å². The minimum Gasteiger partial charge on any atom is -0.465 e. The molecule has 1 aliphatic rings. The van der Waals surface area contributed by atoms with E-state index in [1.165, 1.54) is 13.2 Å². The van der Waals surface area contributed by atoms with Gasteiger partial charge in [0.15, 0.2) is 5.78 Å². The highest BCUT2D eigenvalue weighted by Crippen LogP contribution is 2.36. The van der Waals surface area contributed by atoms with Gasteiger partial charge in [-0.05, 0) is 83.4 Å². The first-order chi connectivity index (χ1) is 18.6. The summed E-state index contributed by atoms with van der Waals surface area (Å²) in [5, 5.41) is 1.15. The molecule has 212 valence electrons. The number of esters is 1. The van der Waals surface area contributed by atoms with Crippen LogP contribution in [0.4, 0.5) is 15.3 Å². The highest BCUT2D eigenvalue weighted by Gasteiger charge is 2.33. The SMILES string of the molecule is COC(=O)c1ccc2c3c(n(Cc4ccc(N(C(=O)OC(C)(C)C)C(=O)OC(C)(C)C)cc4Cl)c2c1)C(=O)CC3. The van der Waals surface area contributed by atoms with Crippen molar-refractivity contribution < 1.29 is 33.4 Å². The summed E-state index contributed by atoms with van der Waals surface area (Å²) in [5.74, 6) is -0.465. The van der Waals surface area contributed by atoms with E-state index in [1.807, 2.05) is 10.6 Å². The number of Topliss-reactive ketones (excluding diaryl/α,β-unsaturated/α-hetero) is 1. The fourth-order valence-corrected chi connectivity index (χ4v) is 4.87. The number of ether oxygens (including phenoxy) is 3. The summed E-state index contributed by atoms with van der Waals surface area (Å²) >= 11 is 6.71. The van der Waals surface area contributed by atoms with E-state index in [0.717, 1.165) is 15.8 Å². The number of imide groups is 1. The van der Waals surface area contributed by atoms with E-state index in [9.17, 15) is 19.2 Å². The van der Waals surface area contributed by atoms with Crippen LogP contribution in [0.15, 0.2) is 36.4 Å². The van der Waals surface area contributed by atoms with Crippen molar-refractivity contribution in [3.8, 4) is 0 Å². The number of halogens is 1. The lowest BCUT2D eigenvalue weighted by molar-refractivity contribution is 0.0429. The molecule has 0 radical (unpaired) electrons. The zero-order valence-electron chi connectivity index (χ0n) is 23.7. The summed E-state index contributed by atoms with van der Waals surface area (Å²) < 4.78 is 17.7. The van der Waals surface area contributed by atoms with Crippen LogP contribution < -0.4 is 4.90 Å². The Bertz CT molecular complexity index is 1500. The number of amides is 2. The van der Waals surface area contributed by atoms with Crippen LogP contribution in [-0.2, 0) is 27.2 Å². The number of hydrogen-bond donors (Lipinski definition) is 0. The zero-order valence-corrected chi connectivity index (χ0v) is 24.5. The van der Waals surface area contributed by atoms with Crippen LogP contribution in [-0.4, -0.2) is 46.8 Å². The Morgan fingerprint density at radius 3 is 2.10 bits per heavy atom. The van der Waals surface area contributed by atoms with Gasteiger partial charge in [0.2, 0.25) is 0 Å². The van der Waals surface area contributed by atoms with Gasteiger partial charge in [0.25, 0.3) is 0 Å². The molecule has 0 spiro atoms. The normalized spacial score (nSPS) is 13.2. The van der Waals surface area contributed by atoms with Crippen molar-refractivity contribution in [3.05, 3.63) is 63.8 Å². The van der Waals surface area contributed by atoms with Gasteiger partial charge in [-0.15, -0.1) is 0 Å². The highest BCUT2D eigenvalue weighted by atomic mass is 35.5. The number of anilines is 1. The van der Waals surface area contributed by atoms with E-state index in [4.69, 9.17) is 25.8 Å². The van der Waals surface area contributed by atoms with Gasteiger partial charge in [-0.25, -0.2) is 14.4 Å². The molecular formula is C30H33ClN2O7. The largest absolute Gasteiger partial charge is 0.465 e. The number of hydrogen-bond acceptors (Lipinski definition) is 7. The highest BCUT2D eigenvalue weighted by molar-refractivity contribution is 6.32. The Hall–Kier alpha value is -3.85. The minimum atomic E-state index is -0.902. The maximum absolute atomic E-state index is 13.0. The molecule has 0 saturated heterocycles. The van der Waals surface area contributed by atoms with Gasteiger partial charge in [-0.3, -0.25) is 4.79 Å². The Morgan fingerprint density at radius 2 is 1.55 bits per heavy atom. The van der Waals surface area contributed by atoms with Crippen LogP contribution in [0.1, 0.15) is 79.9 Å². The van der Waals surface area contributed by atoms with Crippen molar-refractivity contribution in [2.24, 2.45) is 0 Å². The first-order valence-electron chi connectivity index (χ1n) is 12.9. The summed E-state index contributed by atoms with van der Waals surface area (Å²) in [7, 11) is 1.31. The number of rotatable bonds is 4. The number of benzene rings is 2. The van der Waals surface area contributed by atoms with E-state index in [2.05, 4.69) is 0 Å². The molecule has 0 N–H and O–H groups in total. The summed E-state index contributed by atoms with van der Waals surface area (Å²) in [4.78, 5) is 52.0. The second-order valence-electron chi connectivity index (χ2n) is 11.6. The number of aryl methyl sites for hydroxylation is 1. The van der Waals surface area contributed by atoms with Gasteiger partial charge in [-0.1, -0.05) is 23.7 Å². The quantitative estimate of drug-likeness (QED) is 0.248. The van der Waals surface area contributed by atoms with E-state index in [1.54, 1.807) is 65.8 Å². The van der Waals surface area contributed by atoms with E-state index < -0.39 is 29.4 Å². The van der Waals surface area contributed by atoms with Crippen LogP contribution in [0, 0.1) is 0 Å². The topological polar surface area (TPSA) is 104 Å². The second-order valence-corrected chi connectivity index (χ2v) is 12.0. The number of carbonyl (C=O) groups is 4. The molecule has 0 saturated carbocycles. The molecule has 40 heavy (non-hydrogen) atoms. The first-order valence-corrected chi connectivity index (χ1v) is 13.3. The van der Waals surface area contributed by atoms with Gasteiger partial charge < -0.3 is 18.8 Å². The molecule has 0 atom stereocenters. The number of ketones is 1. The second kappa shape index (κ2) is 10.6. The summed E-state index contributed by atoms with van der Waals surface area (Å²) in [6, 6.07) is 9.97. The summed E-state index contributed by atoms with van der Waals surface area (Å²) in [6.45, 7) is 10.4. The Balaban J connectivity index is 1.75. The molecule has 2 amide bonds. The average Bonchev–Trinajstić information content (AvgIpc) is 3.35. The first kappa shape index (κ1) is 29.1. The van der Waals surface area contributed by atoms with Crippen LogP contribution >= 0.6 is 11.6 Å². The van der Waals surface area contributed by atoms with Crippen molar-refractivity contribution in [1.82, 2.24) is 4.57 Å². The molecular weight excluding hydrogens is 536 g/mol. The van der Waals surface area contributed by atoms with Crippen molar-refractivity contribution >= 4 is 52.1 Å². The third kappa shape index (κ3) is 5.99. The molecule has 3 aromatic rings. The van der Waals surface area contributed by atoms with Crippen LogP contribution in [0.3, 0.4) is 0 Å². The van der Waals surface area contributed by atoms with Crippen LogP contribution in [0.2, 0.25) is 5.02 Å². The van der Waals surface area contributed by atoms with Crippen LogP contribution in [0.25, 0.3) is 10.9 Å².